The van der Waals surface area contributed by atoms with Crippen LogP contribution < -0.4 is 0 Å². The van der Waals surface area contributed by atoms with Gasteiger partial charge in [0, 0.05) is 39.3 Å². The van der Waals surface area contributed by atoms with Crippen molar-refractivity contribution >= 4 is 12.2 Å². The first-order valence-electron chi connectivity index (χ1n) is 8.26. The average Bonchev–Trinajstić information content (AvgIpc) is 3.11. The highest BCUT2D eigenvalue weighted by molar-refractivity contribution is 5.48. The van der Waals surface area contributed by atoms with Crippen LogP contribution >= 0.6 is 0 Å². The van der Waals surface area contributed by atoms with Crippen LogP contribution in [-0.2, 0) is 0 Å². The SMILES string of the molecule is C(=Cc1ccccc1)CN1CCN(CC=Cc2ccco2)CC1. The van der Waals surface area contributed by atoms with E-state index >= 15 is 0 Å². The van der Waals surface area contributed by atoms with E-state index in [0.29, 0.717) is 0 Å². The van der Waals surface area contributed by atoms with Gasteiger partial charge in [-0.3, -0.25) is 9.80 Å². The molecule has 1 aliphatic heterocycles. The van der Waals surface area contributed by atoms with Gasteiger partial charge in [0.25, 0.3) is 0 Å². The van der Waals surface area contributed by atoms with Crippen molar-refractivity contribution in [3.8, 4) is 0 Å². The van der Waals surface area contributed by atoms with Crippen LogP contribution in [-0.4, -0.2) is 49.1 Å². The van der Waals surface area contributed by atoms with Gasteiger partial charge >= 0.3 is 0 Å². The largest absolute Gasteiger partial charge is 0.465 e. The van der Waals surface area contributed by atoms with Gasteiger partial charge < -0.3 is 4.42 Å². The lowest BCUT2D eigenvalue weighted by atomic mass is 10.2. The summed E-state index contributed by atoms with van der Waals surface area (Å²) >= 11 is 0. The quantitative estimate of drug-likeness (QED) is 0.812. The van der Waals surface area contributed by atoms with Crippen molar-refractivity contribution in [1.29, 1.82) is 0 Å². The van der Waals surface area contributed by atoms with Gasteiger partial charge in [0.2, 0.25) is 0 Å². The Morgan fingerprint density at radius 1 is 0.783 bits per heavy atom. The summed E-state index contributed by atoms with van der Waals surface area (Å²) in [4.78, 5) is 4.99. The highest BCUT2D eigenvalue weighted by Gasteiger charge is 2.14. The summed E-state index contributed by atoms with van der Waals surface area (Å²) in [6.07, 6.45) is 10.4. The van der Waals surface area contributed by atoms with E-state index in [2.05, 4.69) is 64.4 Å². The number of rotatable bonds is 6. The van der Waals surface area contributed by atoms with Crippen LogP contribution in [0.5, 0.6) is 0 Å². The Morgan fingerprint density at radius 3 is 2.04 bits per heavy atom. The maximum atomic E-state index is 5.30. The van der Waals surface area contributed by atoms with Crippen LogP contribution in [0.25, 0.3) is 12.2 Å². The second kappa shape index (κ2) is 8.51. The standard InChI is InChI=1S/C20H24N2O/c1-2-7-19(8-3-1)9-4-12-21-14-16-22(17-15-21)13-5-10-20-11-6-18-23-20/h1-11,18H,12-17H2. The first-order chi connectivity index (χ1) is 11.4. The zero-order valence-electron chi connectivity index (χ0n) is 13.5. The predicted molar refractivity (Wildman–Crippen MR) is 96.1 cm³/mol. The Bertz CT molecular complexity index is 608. The molecular weight excluding hydrogens is 284 g/mol. The summed E-state index contributed by atoms with van der Waals surface area (Å²) in [5.41, 5.74) is 1.27. The van der Waals surface area contributed by atoms with E-state index in [4.69, 9.17) is 4.42 Å². The number of hydrogen-bond donors (Lipinski definition) is 0. The monoisotopic (exact) mass is 308 g/mol. The van der Waals surface area contributed by atoms with E-state index in [1.807, 2.05) is 12.1 Å². The van der Waals surface area contributed by atoms with Crippen molar-refractivity contribution in [3.05, 3.63) is 72.2 Å². The lowest BCUT2D eigenvalue weighted by Gasteiger charge is -2.33. The molecule has 1 aliphatic rings. The minimum absolute atomic E-state index is 0.926. The molecular formula is C20H24N2O. The predicted octanol–water partition coefficient (Wildman–Crippen LogP) is 3.62. The maximum Gasteiger partial charge on any atom is 0.126 e. The van der Waals surface area contributed by atoms with Crippen LogP contribution in [0.4, 0.5) is 0 Å². The van der Waals surface area contributed by atoms with Gasteiger partial charge in [-0.1, -0.05) is 48.6 Å². The molecule has 0 aliphatic carbocycles. The molecule has 1 fully saturated rings. The molecule has 3 heteroatoms. The average molecular weight is 308 g/mol. The molecule has 0 unspecified atom stereocenters. The van der Waals surface area contributed by atoms with E-state index in [9.17, 15) is 0 Å². The highest BCUT2D eigenvalue weighted by Crippen LogP contribution is 2.06. The third-order valence-electron chi connectivity index (χ3n) is 4.13. The van der Waals surface area contributed by atoms with Crippen molar-refractivity contribution in [1.82, 2.24) is 9.80 Å². The molecule has 3 nitrogen and oxygen atoms in total. The Morgan fingerprint density at radius 2 is 1.43 bits per heavy atom. The van der Waals surface area contributed by atoms with E-state index in [1.54, 1.807) is 6.26 Å². The van der Waals surface area contributed by atoms with Gasteiger partial charge in [-0.05, 0) is 23.8 Å². The van der Waals surface area contributed by atoms with Crippen molar-refractivity contribution in [2.24, 2.45) is 0 Å². The fourth-order valence-electron chi connectivity index (χ4n) is 2.76. The molecule has 1 saturated heterocycles. The molecule has 0 N–H and O–H groups in total. The van der Waals surface area contributed by atoms with Crippen molar-refractivity contribution < 1.29 is 4.42 Å². The lowest BCUT2D eigenvalue weighted by molar-refractivity contribution is 0.154. The molecule has 2 aromatic rings. The second-order valence-corrected chi connectivity index (χ2v) is 5.83. The zero-order valence-corrected chi connectivity index (χ0v) is 13.5. The Labute approximate surface area is 138 Å². The van der Waals surface area contributed by atoms with Gasteiger partial charge in [0.05, 0.1) is 6.26 Å². The first-order valence-corrected chi connectivity index (χ1v) is 8.26. The topological polar surface area (TPSA) is 19.6 Å². The van der Waals surface area contributed by atoms with Crippen LogP contribution in [0.1, 0.15) is 11.3 Å². The Balaban J connectivity index is 1.36. The molecule has 0 atom stereocenters. The minimum atomic E-state index is 0.926. The minimum Gasteiger partial charge on any atom is -0.465 e. The van der Waals surface area contributed by atoms with Crippen LogP contribution in [0, 0.1) is 0 Å². The zero-order chi connectivity index (χ0) is 15.7. The molecule has 120 valence electrons. The molecule has 0 bridgehead atoms. The molecule has 3 rings (SSSR count). The molecule has 0 amide bonds. The number of benzene rings is 1. The van der Waals surface area contributed by atoms with Crippen LogP contribution in [0.15, 0.2) is 65.3 Å². The van der Waals surface area contributed by atoms with Gasteiger partial charge in [-0.2, -0.15) is 0 Å². The number of hydrogen-bond acceptors (Lipinski definition) is 3. The summed E-state index contributed by atoms with van der Waals surface area (Å²) in [5.74, 6) is 0.926. The van der Waals surface area contributed by atoms with Crippen LogP contribution in [0.2, 0.25) is 0 Å². The smallest absolute Gasteiger partial charge is 0.126 e. The maximum absolute atomic E-state index is 5.30. The Kier molecular flexibility index (Phi) is 5.84. The van der Waals surface area contributed by atoms with Gasteiger partial charge in [0.1, 0.15) is 5.76 Å². The van der Waals surface area contributed by atoms with Crippen molar-refractivity contribution in [2.45, 2.75) is 0 Å². The fraction of sp³-hybridized carbons (Fsp3) is 0.300. The third-order valence-corrected chi connectivity index (χ3v) is 4.13. The van der Waals surface area contributed by atoms with E-state index in [1.165, 1.54) is 5.56 Å². The molecule has 23 heavy (non-hydrogen) atoms. The lowest BCUT2D eigenvalue weighted by Crippen LogP contribution is -2.46. The summed E-state index contributed by atoms with van der Waals surface area (Å²) in [5, 5.41) is 0. The molecule has 2 heterocycles. The van der Waals surface area contributed by atoms with Gasteiger partial charge in [-0.15, -0.1) is 0 Å². The highest BCUT2D eigenvalue weighted by atomic mass is 16.3. The summed E-state index contributed by atoms with van der Waals surface area (Å²) < 4.78 is 5.30. The van der Waals surface area contributed by atoms with E-state index in [-0.39, 0.29) is 0 Å². The molecule has 0 saturated carbocycles. The molecule has 1 aromatic carbocycles. The normalized spacial score (nSPS) is 17.4. The van der Waals surface area contributed by atoms with E-state index in [0.717, 1.165) is 45.0 Å². The number of furan rings is 1. The summed E-state index contributed by atoms with van der Waals surface area (Å²) in [6.45, 7) is 6.55. The van der Waals surface area contributed by atoms with Crippen molar-refractivity contribution in [3.63, 3.8) is 0 Å². The first kappa shape index (κ1) is 15.8. The van der Waals surface area contributed by atoms with E-state index < -0.39 is 0 Å². The van der Waals surface area contributed by atoms with Gasteiger partial charge in [0.15, 0.2) is 0 Å². The third kappa shape index (κ3) is 5.23. The summed E-state index contributed by atoms with van der Waals surface area (Å²) in [6, 6.07) is 14.4. The van der Waals surface area contributed by atoms with Crippen LogP contribution in [0.3, 0.4) is 0 Å². The molecule has 1 aromatic heterocycles. The second-order valence-electron chi connectivity index (χ2n) is 5.83. The molecule has 0 radical (unpaired) electrons. The number of nitrogens with zero attached hydrogens (tertiary/aromatic N) is 2. The summed E-state index contributed by atoms with van der Waals surface area (Å²) in [7, 11) is 0. The van der Waals surface area contributed by atoms with Crippen molar-refractivity contribution in [2.75, 3.05) is 39.3 Å². The van der Waals surface area contributed by atoms with Gasteiger partial charge in [-0.25, -0.2) is 0 Å². The number of piperazine rings is 1. The fourth-order valence-corrected chi connectivity index (χ4v) is 2.76. The molecule has 0 spiro atoms. The Hall–Kier alpha value is -2.10.